The highest BCUT2D eigenvalue weighted by Gasteiger charge is 1.85. The highest BCUT2D eigenvalue weighted by atomic mass is 31.1. The monoisotopic (exact) mass is 148 g/mol. The molecule has 0 aromatic heterocycles. The lowest BCUT2D eigenvalue weighted by Crippen LogP contribution is -1.78. The van der Waals surface area contributed by atoms with E-state index in [1.165, 1.54) is 46.6 Å². The van der Waals surface area contributed by atoms with Crippen molar-refractivity contribution in [1.29, 1.82) is 0 Å². The Morgan fingerprint density at radius 1 is 1.00 bits per heavy atom. The molecule has 0 aliphatic carbocycles. The van der Waals surface area contributed by atoms with Gasteiger partial charge in [0, 0.05) is 1.43 Å². The summed E-state index contributed by atoms with van der Waals surface area (Å²) >= 11 is 0. The van der Waals surface area contributed by atoms with E-state index in [1.54, 1.807) is 0 Å². The highest BCUT2D eigenvalue weighted by Crippen LogP contribution is 2.14. The van der Waals surface area contributed by atoms with Crippen LogP contribution in [0.4, 0.5) is 0 Å². The fraction of sp³-hybridized carbons (Fsp3) is 1.00. The van der Waals surface area contributed by atoms with Crippen LogP contribution in [-0.4, -0.2) is 12.3 Å². The summed E-state index contributed by atoms with van der Waals surface area (Å²) in [5.74, 6) is 0. The van der Waals surface area contributed by atoms with Crippen LogP contribution in [0.5, 0.6) is 0 Å². The van der Waals surface area contributed by atoms with E-state index in [9.17, 15) is 0 Å². The number of unbranched alkanes of at least 4 members (excludes halogenated alkanes) is 2. The van der Waals surface area contributed by atoms with Gasteiger partial charge in [-0.25, -0.2) is 0 Å². The van der Waals surface area contributed by atoms with Gasteiger partial charge in [-0.05, 0) is 25.2 Å². The van der Waals surface area contributed by atoms with Crippen molar-refractivity contribution in [3.05, 3.63) is 0 Å². The lowest BCUT2D eigenvalue weighted by atomic mass is 10.4. The van der Waals surface area contributed by atoms with Crippen LogP contribution in [0.15, 0.2) is 0 Å². The maximum atomic E-state index is 2.27. The second-order valence-corrected chi connectivity index (χ2v) is 3.96. The van der Waals surface area contributed by atoms with Gasteiger partial charge in [0.2, 0.25) is 0 Å². The molecule has 0 aliphatic heterocycles. The lowest BCUT2D eigenvalue weighted by Gasteiger charge is -1.96. The Balaban J connectivity index is 0. The SMILES string of the molecule is CCCCPCCCC.[HH]. The molecule has 58 valence electrons. The van der Waals surface area contributed by atoms with E-state index in [-0.39, 0.29) is 1.43 Å². The van der Waals surface area contributed by atoms with E-state index in [1.807, 2.05) is 0 Å². The molecule has 0 rings (SSSR count). The van der Waals surface area contributed by atoms with Crippen molar-refractivity contribution >= 4 is 8.58 Å². The Morgan fingerprint density at radius 3 is 1.78 bits per heavy atom. The zero-order valence-corrected chi connectivity index (χ0v) is 7.74. The molecule has 0 bridgehead atoms. The minimum atomic E-state index is 0. The summed E-state index contributed by atoms with van der Waals surface area (Å²) in [5.41, 5.74) is 0. The van der Waals surface area contributed by atoms with Crippen molar-refractivity contribution in [2.75, 3.05) is 12.3 Å². The number of hydrogen-bond acceptors (Lipinski definition) is 0. The number of hydrogen-bond donors (Lipinski definition) is 0. The van der Waals surface area contributed by atoms with Gasteiger partial charge in [0.25, 0.3) is 0 Å². The molecule has 0 unspecified atom stereocenters. The molecule has 0 aromatic rings. The van der Waals surface area contributed by atoms with E-state index >= 15 is 0 Å². The molecule has 0 N–H and O–H groups in total. The van der Waals surface area contributed by atoms with E-state index < -0.39 is 0 Å². The van der Waals surface area contributed by atoms with Crippen LogP contribution in [0.2, 0.25) is 0 Å². The van der Waals surface area contributed by atoms with Gasteiger partial charge in [-0.15, -0.1) is 8.58 Å². The zero-order chi connectivity index (χ0) is 6.95. The van der Waals surface area contributed by atoms with Crippen molar-refractivity contribution in [1.82, 2.24) is 0 Å². The average Bonchev–Trinajstić information content (AvgIpc) is 1.89. The molecular weight excluding hydrogens is 127 g/mol. The van der Waals surface area contributed by atoms with E-state index in [0.717, 1.165) is 0 Å². The molecule has 0 aliphatic rings. The minimum Gasteiger partial charge on any atom is -0.122 e. The molecule has 0 amide bonds. The molecule has 1 heteroatoms. The fourth-order valence-electron chi connectivity index (χ4n) is 0.729. The van der Waals surface area contributed by atoms with Crippen molar-refractivity contribution in [2.24, 2.45) is 0 Å². The van der Waals surface area contributed by atoms with E-state index in [2.05, 4.69) is 13.8 Å². The lowest BCUT2D eigenvalue weighted by molar-refractivity contribution is 0.874. The second-order valence-electron chi connectivity index (χ2n) is 2.46. The van der Waals surface area contributed by atoms with Gasteiger partial charge in [0.1, 0.15) is 0 Å². The van der Waals surface area contributed by atoms with Gasteiger partial charge in [-0.2, -0.15) is 0 Å². The summed E-state index contributed by atoms with van der Waals surface area (Å²) in [5, 5.41) is 0. The van der Waals surface area contributed by atoms with Crippen LogP contribution in [0.3, 0.4) is 0 Å². The third-order valence-electron chi connectivity index (χ3n) is 1.41. The number of rotatable bonds is 6. The Hall–Kier alpha value is 0.430. The summed E-state index contributed by atoms with van der Waals surface area (Å²) in [4.78, 5) is 0. The quantitative estimate of drug-likeness (QED) is 0.399. The molecule has 0 radical (unpaired) electrons. The second kappa shape index (κ2) is 8.43. The summed E-state index contributed by atoms with van der Waals surface area (Å²) < 4.78 is 0. The molecule has 0 spiro atoms. The first-order valence-corrected chi connectivity index (χ1v) is 5.54. The van der Waals surface area contributed by atoms with Crippen LogP contribution < -0.4 is 0 Å². The minimum absolute atomic E-state index is 0. The van der Waals surface area contributed by atoms with Crippen molar-refractivity contribution < 1.29 is 1.43 Å². The summed E-state index contributed by atoms with van der Waals surface area (Å²) in [6.07, 6.45) is 8.61. The Bertz CT molecular complexity index is 42.5. The summed E-state index contributed by atoms with van der Waals surface area (Å²) in [6, 6.07) is 0. The van der Waals surface area contributed by atoms with Gasteiger partial charge in [-0.1, -0.05) is 26.7 Å². The average molecular weight is 148 g/mol. The maximum Gasteiger partial charge on any atom is 0 e. The van der Waals surface area contributed by atoms with Crippen LogP contribution in [0, 0.1) is 0 Å². The largest absolute Gasteiger partial charge is 0.122 e. The first-order valence-electron chi connectivity index (χ1n) is 4.12. The third kappa shape index (κ3) is 8.43. The van der Waals surface area contributed by atoms with E-state index in [0.29, 0.717) is 0 Å². The first kappa shape index (κ1) is 9.43. The van der Waals surface area contributed by atoms with Crippen LogP contribution in [-0.2, 0) is 0 Å². The van der Waals surface area contributed by atoms with Crippen LogP contribution >= 0.6 is 8.58 Å². The van der Waals surface area contributed by atoms with E-state index in [4.69, 9.17) is 0 Å². The van der Waals surface area contributed by atoms with Crippen molar-refractivity contribution in [3.8, 4) is 0 Å². The molecule has 0 heterocycles. The Labute approximate surface area is 62.7 Å². The molecule has 0 saturated carbocycles. The molecular formula is C8H21P. The predicted molar refractivity (Wildman–Crippen MR) is 50.0 cm³/mol. The topological polar surface area (TPSA) is 0 Å². The first-order chi connectivity index (χ1) is 4.41. The van der Waals surface area contributed by atoms with Gasteiger partial charge < -0.3 is 0 Å². The normalized spacial score (nSPS) is 10.0. The highest BCUT2D eigenvalue weighted by molar-refractivity contribution is 7.37. The smallest absolute Gasteiger partial charge is 0 e. The van der Waals surface area contributed by atoms with Crippen molar-refractivity contribution in [2.45, 2.75) is 39.5 Å². The summed E-state index contributed by atoms with van der Waals surface area (Å²) in [6.45, 7) is 4.54. The van der Waals surface area contributed by atoms with Crippen LogP contribution in [0.25, 0.3) is 0 Å². The van der Waals surface area contributed by atoms with Gasteiger partial charge in [0.05, 0.1) is 0 Å². The fourth-order valence-corrected chi connectivity index (χ4v) is 2.19. The van der Waals surface area contributed by atoms with Gasteiger partial charge in [-0.3, -0.25) is 0 Å². The molecule has 0 aromatic carbocycles. The predicted octanol–water partition coefficient (Wildman–Crippen LogP) is 3.51. The molecule has 0 fully saturated rings. The molecule has 9 heavy (non-hydrogen) atoms. The van der Waals surface area contributed by atoms with Gasteiger partial charge in [0.15, 0.2) is 0 Å². The molecule has 0 nitrogen and oxygen atoms in total. The maximum absolute atomic E-state index is 2.27. The third-order valence-corrected chi connectivity index (χ3v) is 2.83. The van der Waals surface area contributed by atoms with Gasteiger partial charge >= 0.3 is 0 Å². The zero-order valence-electron chi connectivity index (χ0n) is 6.74. The Morgan fingerprint density at radius 2 is 1.44 bits per heavy atom. The standard InChI is InChI=1S/C8H19P.H2/c1-3-5-7-9-8-6-4-2;/h9H,3-8H2,1-2H3;1H. The van der Waals surface area contributed by atoms with Crippen molar-refractivity contribution in [3.63, 3.8) is 0 Å². The summed E-state index contributed by atoms with van der Waals surface area (Å²) in [7, 11) is 1.25. The molecule has 0 saturated heterocycles. The Kier molecular flexibility index (Phi) is 8.83. The molecule has 0 atom stereocenters. The van der Waals surface area contributed by atoms with Crippen LogP contribution in [0.1, 0.15) is 41.0 Å².